The van der Waals surface area contributed by atoms with Crippen LogP contribution in [0.5, 0.6) is 5.75 Å². The van der Waals surface area contributed by atoms with Crippen LogP contribution in [0.2, 0.25) is 0 Å². The van der Waals surface area contributed by atoms with Gasteiger partial charge in [0.15, 0.2) is 0 Å². The number of aliphatic hydroxyl groups is 1. The summed E-state index contributed by atoms with van der Waals surface area (Å²) >= 11 is 0. The minimum Gasteiger partial charge on any atom is -0.491 e. The fraction of sp³-hybridized carbons (Fsp3) is 0.538. The highest BCUT2D eigenvalue weighted by Gasteiger charge is 2.05. The first-order chi connectivity index (χ1) is 7.69. The Labute approximate surface area is 97.4 Å². The first-order valence-corrected chi connectivity index (χ1v) is 5.73. The van der Waals surface area contributed by atoms with Crippen molar-refractivity contribution in [1.29, 1.82) is 0 Å². The Morgan fingerprint density at radius 2 is 1.88 bits per heavy atom. The van der Waals surface area contributed by atoms with E-state index in [1.165, 1.54) is 5.56 Å². The zero-order valence-corrected chi connectivity index (χ0v) is 10.3. The van der Waals surface area contributed by atoms with Crippen LogP contribution in [0.4, 0.5) is 0 Å². The molecule has 0 amide bonds. The monoisotopic (exact) mass is 223 g/mol. The lowest BCUT2D eigenvalue weighted by Crippen LogP contribution is -2.12. The second-order valence-electron chi connectivity index (χ2n) is 3.91. The third-order valence-electron chi connectivity index (χ3n) is 2.44. The summed E-state index contributed by atoms with van der Waals surface area (Å²) in [6, 6.07) is 4.25. The van der Waals surface area contributed by atoms with Crippen molar-refractivity contribution in [3.63, 3.8) is 0 Å². The molecule has 0 fully saturated rings. The molecule has 0 atom stereocenters. The van der Waals surface area contributed by atoms with Gasteiger partial charge in [-0.2, -0.15) is 0 Å². The lowest BCUT2D eigenvalue weighted by molar-refractivity contribution is 0.200. The number of hydrogen-bond acceptors (Lipinski definition) is 3. The van der Waals surface area contributed by atoms with E-state index in [0.29, 0.717) is 6.61 Å². The van der Waals surface area contributed by atoms with Crippen molar-refractivity contribution >= 4 is 0 Å². The molecule has 0 saturated heterocycles. The molecule has 0 spiro atoms. The lowest BCUT2D eigenvalue weighted by atomic mass is 10.1. The zero-order chi connectivity index (χ0) is 12.0. The fourth-order valence-corrected chi connectivity index (χ4v) is 1.79. The average Bonchev–Trinajstić information content (AvgIpc) is 2.25. The van der Waals surface area contributed by atoms with Gasteiger partial charge in [0.25, 0.3) is 0 Å². The molecule has 1 rings (SSSR count). The summed E-state index contributed by atoms with van der Waals surface area (Å²) in [5.41, 5.74) is 3.52. The molecule has 1 aromatic rings. The number of ether oxygens (including phenoxy) is 1. The van der Waals surface area contributed by atoms with Gasteiger partial charge in [0.1, 0.15) is 12.4 Å². The van der Waals surface area contributed by atoms with Gasteiger partial charge in [-0.1, -0.05) is 19.1 Å². The van der Waals surface area contributed by atoms with Crippen LogP contribution in [0.25, 0.3) is 0 Å². The molecule has 16 heavy (non-hydrogen) atoms. The number of benzene rings is 1. The maximum atomic E-state index is 8.75. The van der Waals surface area contributed by atoms with Crippen LogP contribution in [-0.2, 0) is 6.54 Å². The van der Waals surface area contributed by atoms with Gasteiger partial charge in [0.2, 0.25) is 0 Å². The molecular weight excluding hydrogens is 202 g/mol. The molecule has 90 valence electrons. The summed E-state index contributed by atoms with van der Waals surface area (Å²) in [6.45, 7) is 8.44. The smallest absolute Gasteiger partial charge is 0.125 e. The van der Waals surface area contributed by atoms with Crippen LogP contribution < -0.4 is 10.1 Å². The van der Waals surface area contributed by atoms with E-state index in [-0.39, 0.29) is 6.61 Å². The zero-order valence-electron chi connectivity index (χ0n) is 10.3. The van der Waals surface area contributed by atoms with Crippen LogP contribution in [-0.4, -0.2) is 24.9 Å². The molecular formula is C13H21NO2. The van der Waals surface area contributed by atoms with Crippen molar-refractivity contribution in [2.75, 3.05) is 19.8 Å². The van der Waals surface area contributed by atoms with Crippen LogP contribution in [0.1, 0.15) is 23.6 Å². The highest BCUT2D eigenvalue weighted by molar-refractivity contribution is 5.43. The number of rotatable bonds is 6. The Morgan fingerprint density at radius 1 is 1.25 bits per heavy atom. The minimum absolute atomic E-state index is 0.0536. The van der Waals surface area contributed by atoms with E-state index >= 15 is 0 Å². The van der Waals surface area contributed by atoms with E-state index in [9.17, 15) is 0 Å². The minimum atomic E-state index is 0.0536. The molecule has 1 aromatic carbocycles. The largest absolute Gasteiger partial charge is 0.491 e. The van der Waals surface area contributed by atoms with Gasteiger partial charge in [-0.3, -0.25) is 0 Å². The number of nitrogens with one attached hydrogen (secondary N) is 1. The van der Waals surface area contributed by atoms with Crippen molar-refractivity contribution in [3.8, 4) is 5.75 Å². The molecule has 3 nitrogen and oxygen atoms in total. The quantitative estimate of drug-likeness (QED) is 0.772. The van der Waals surface area contributed by atoms with Gasteiger partial charge in [-0.15, -0.1) is 0 Å². The molecule has 0 aliphatic rings. The number of hydrogen-bond donors (Lipinski definition) is 2. The van der Waals surface area contributed by atoms with Crippen molar-refractivity contribution in [3.05, 3.63) is 28.8 Å². The van der Waals surface area contributed by atoms with E-state index in [4.69, 9.17) is 9.84 Å². The molecule has 2 N–H and O–H groups in total. The Balaban J connectivity index is 2.80. The van der Waals surface area contributed by atoms with E-state index in [2.05, 4.69) is 24.4 Å². The van der Waals surface area contributed by atoms with Crippen LogP contribution in [0.3, 0.4) is 0 Å². The number of aryl methyl sites for hydroxylation is 2. The predicted molar refractivity (Wildman–Crippen MR) is 65.9 cm³/mol. The summed E-state index contributed by atoms with van der Waals surface area (Å²) in [6.07, 6.45) is 0. The van der Waals surface area contributed by atoms with Crippen LogP contribution in [0.15, 0.2) is 12.1 Å². The number of aliphatic hydroxyl groups excluding tert-OH is 1. The highest BCUT2D eigenvalue weighted by atomic mass is 16.5. The maximum absolute atomic E-state index is 8.75. The van der Waals surface area contributed by atoms with Gasteiger partial charge in [0, 0.05) is 6.54 Å². The predicted octanol–water partition coefficient (Wildman–Crippen LogP) is 1.78. The molecule has 0 bridgehead atoms. The summed E-state index contributed by atoms with van der Waals surface area (Å²) in [4.78, 5) is 0. The molecule has 0 saturated carbocycles. The fourth-order valence-electron chi connectivity index (χ4n) is 1.79. The van der Waals surface area contributed by atoms with E-state index in [0.717, 1.165) is 30.0 Å². The van der Waals surface area contributed by atoms with Crippen molar-refractivity contribution in [2.45, 2.75) is 27.3 Å². The molecule has 0 aliphatic heterocycles. The SMILES string of the molecule is CCNCc1cc(C)c(OCCO)c(C)c1. The molecule has 0 aliphatic carbocycles. The third kappa shape index (κ3) is 3.51. The Morgan fingerprint density at radius 3 is 2.38 bits per heavy atom. The molecule has 0 unspecified atom stereocenters. The lowest BCUT2D eigenvalue weighted by Gasteiger charge is -2.13. The second kappa shape index (κ2) is 6.51. The Kier molecular flexibility index (Phi) is 5.29. The van der Waals surface area contributed by atoms with Crippen LogP contribution in [0, 0.1) is 13.8 Å². The van der Waals surface area contributed by atoms with E-state index in [1.54, 1.807) is 0 Å². The topological polar surface area (TPSA) is 41.5 Å². The molecule has 0 heterocycles. The summed E-state index contributed by atoms with van der Waals surface area (Å²) < 4.78 is 5.51. The van der Waals surface area contributed by atoms with Gasteiger partial charge in [0.05, 0.1) is 6.61 Å². The standard InChI is InChI=1S/C13H21NO2/c1-4-14-9-12-7-10(2)13(11(3)8-12)16-6-5-15/h7-8,14-15H,4-6,9H2,1-3H3. The summed E-state index contributed by atoms with van der Waals surface area (Å²) in [5.74, 6) is 0.897. The van der Waals surface area contributed by atoms with Crippen molar-refractivity contribution < 1.29 is 9.84 Å². The molecule has 0 radical (unpaired) electrons. The Bertz CT molecular complexity index is 314. The van der Waals surface area contributed by atoms with Gasteiger partial charge in [-0.05, 0) is 37.1 Å². The third-order valence-corrected chi connectivity index (χ3v) is 2.44. The second-order valence-corrected chi connectivity index (χ2v) is 3.91. The first kappa shape index (κ1) is 13.0. The average molecular weight is 223 g/mol. The maximum Gasteiger partial charge on any atom is 0.125 e. The van der Waals surface area contributed by atoms with Gasteiger partial charge in [-0.25, -0.2) is 0 Å². The normalized spacial score (nSPS) is 10.5. The van der Waals surface area contributed by atoms with E-state index in [1.807, 2.05) is 13.8 Å². The molecule has 3 heteroatoms. The summed E-state index contributed by atoms with van der Waals surface area (Å²) in [5, 5.41) is 12.0. The highest BCUT2D eigenvalue weighted by Crippen LogP contribution is 2.24. The van der Waals surface area contributed by atoms with Crippen molar-refractivity contribution in [1.82, 2.24) is 5.32 Å². The Hall–Kier alpha value is -1.06. The van der Waals surface area contributed by atoms with E-state index < -0.39 is 0 Å². The molecule has 0 aromatic heterocycles. The van der Waals surface area contributed by atoms with Gasteiger partial charge >= 0.3 is 0 Å². The summed E-state index contributed by atoms with van der Waals surface area (Å²) in [7, 11) is 0. The van der Waals surface area contributed by atoms with Gasteiger partial charge < -0.3 is 15.2 Å². The first-order valence-electron chi connectivity index (χ1n) is 5.73. The van der Waals surface area contributed by atoms with Crippen molar-refractivity contribution in [2.24, 2.45) is 0 Å². The van der Waals surface area contributed by atoms with Crippen LogP contribution >= 0.6 is 0 Å².